The summed E-state index contributed by atoms with van der Waals surface area (Å²) < 4.78 is 14.7. The van der Waals surface area contributed by atoms with E-state index in [1.807, 2.05) is 0 Å². The molecule has 0 fully saturated rings. The quantitative estimate of drug-likeness (QED) is 0.466. The maximum atomic E-state index is 11.4. The normalized spacial score (nSPS) is 10.5. The molecule has 0 saturated heterocycles. The number of hydrogen-bond acceptors (Lipinski definition) is 7. The van der Waals surface area contributed by atoms with Gasteiger partial charge in [0.15, 0.2) is 6.61 Å². The van der Waals surface area contributed by atoms with Crippen molar-refractivity contribution < 1.29 is 24.2 Å². The first-order valence-electron chi connectivity index (χ1n) is 6.28. The first kappa shape index (κ1) is 16.1. The lowest BCUT2D eigenvalue weighted by Crippen LogP contribution is -2.17. The molecule has 0 aliphatic rings. The fraction of sp³-hybridized carbons (Fsp3) is 0.308. The molecule has 0 aliphatic heterocycles. The Hall–Kier alpha value is -2.32. The Labute approximate surface area is 131 Å². The minimum absolute atomic E-state index is 0.0675. The second-order valence-corrected chi connectivity index (χ2v) is 4.56. The van der Waals surface area contributed by atoms with E-state index in [2.05, 4.69) is 10.1 Å². The van der Waals surface area contributed by atoms with E-state index in [9.17, 15) is 10.0 Å². The number of pyridine rings is 1. The van der Waals surface area contributed by atoms with Gasteiger partial charge in [-0.25, -0.2) is 4.79 Å². The number of carbonyl (C=O) groups is 1. The zero-order valence-electron chi connectivity index (χ0n) is 11.7. The van der Waals surface area contributed by atoms with Gasteiger partial charge in [0.05, 0.1) is 17.3 Å². The van der Waals surface area contributed by atoms with Gasteiger partial charge in [0.2, 0.25) is 5.88 Å². The lowest BCUT2D eigenvalue weighted by Gasteiger charge is -2.03. The molecule has 22 heavy (non-hydrogen) atoms. The molecule has 9 heteroatoms. The number of methoxy groups -OCH3 is 1. The van der Waals surface area contributed by atoms with Gasteiger partial charge in [0.1, 0.15) is 12.3 Å². The van der Waals surface area contributed by atoms with Crippen LogP contribution < -0.4 is 4.74 Å². The zero-order chi connectivity index (χ0) is 15.9. The van der Waals surface area contributed by atoms with Gasteiger partial charge in [-0.1, -0.05) is 21.5 Å². The van der Waals surface area contributed by atoms with Gasteiger partial charge in [0, 0.05) is 19.4 Å². The molecule has 2 aromatic heterocycles. The van der Waals surface area contributed by atoms with Gasteiger partial charge in [-0.3, -0.25) is 4.98 Å². The first-order chi connectivity index (χ1) is 10.6. The average Bonchev–Trinajstić information content (AvgIpc) is 2.87. The minimum Gasteiger partial charge on any atom is -0.464 e. The van der Waals surface area contributed by atoms with Crippen LogP contribution >= 0.6 is 11.6 Å². The molecular formula is C13H14ClN3O5. The summed E-state index contributed by atoms with van der Waals surface area (Å²) in [6.45, 7) is 0.130. The third-order valence-electron chi connectivity index (χ3n) is 2.55. The van der Waals surface area contributed by atoms with Crippen LogP contribution in [-0.2, 0) is 14.3 Å². The van der Waals surface area contributed by atoms with Crippen molar-refractivity contribution in [3.05, 3.63) is 29.4 Å². The molecule has 0 atom stereocenters. The van der Waals surface area contributed by atoms with Crippen LogP contribution in [0.15, 0.2) is 24.4 Å². The number of esters is 1. The van der Waals surface area contributed by atoms with E-state index in [0.29, 0.717) is 27.9 Å². The van der Waals surface area contributed by atoms with Gasteiger partial charge in [-0.2, -0.15) is 0 Å². The fourth-order valence-electron chi connectivity index (χ4n) is 1.54. The number of aromatic nitrogens is 3. The van der Waals surface area contributed by atoms with Crippen molar-refractivity contribution in [2.45, 2.75) is 0 Å². The molecule has 0 saturated carbocycles. The number of ether oxygens (including phenoxy) is 3. The number of carbonyl (C=O) groups excluding carboxylic acids is 1. The predicted octanol–water partition coefficient (Wildman–Crippen LogP) is 1.40. The molecule has 2 rings (SSSR count). The van der Waals surface area contributed by atoms with E-state index in [1.165, 1.54) is 19.4 Å². The molecule has 0 radical (unpaired) electrons. The minimum atomic E-state index is -0.560. The molecule has 2 heterocycles. The van der Waals surface area contributed by atoms with Crippen LogP contribution in [0.5, 0.6) is 5.88 Å². The topological polar surface area (TPSA) is 95.7 Å². The Morgan fingerprint density at radius 2 is 2.23 bits per heavy atom. The van der Waals surface area contributed by atoms with Crippen molar-refractivity contribution in [2.24, 2.45) is 0 Å². The van der Waals surface area contributed by atoms with E-state index in [0.717, 1.165) is 0 Å². The Bertz CT molecular complexity index is 629. The first-order valence-corrected chi connectivity index (χ1v) is 6.66. The summed E-state index contributed by atoms with van der Waals surface area (Å²) in [4.78, 5) is 16.0. The maximum absolute atomic E-state index is 11.4. The standard InChI is InChI=1S/C13H14ClN3O5/c1-20-4-5-21-13(18)8-22-12-6-11(17(19)16-12)10-3-2-9(14)7-15-10/h2-3,6-7,19H,4-5,8H2,1H3. The average molecular weight is 328 g/mol. The molecule has 8 nitrogen and oxygen atoms in total. The maximum Gasteiger partial charge on any atom is 0.344 e. The van der Waals surface area contributed by atoms with Crippen LogP contribution in [0.25, 0.3) is 11.4 Å². The predicted molar refractivity (Wildman–Crippen MR) is 76.0 cm³/mol. The molecule has 0 bridgehead atoms. The van der Waals surface area contributed by atoms with Gasteiger partial charge in [0.25, 0.3) is 0 Å². The Balaban J connectivity index is 1.95. The highest BCUT2D eigenvalue weighted by atomic mass is 35.5. The second-order valence-electron chi connectivity index (χ2n) is 4.12. The third-order valence-corrected chi connectivity index (χ3v) is 2.77. The van der Waals surface area contributed by atoms with Crippen LogP contribution in [-0.4, -0.2) is 53.0 Å². The van der Waals surface area contributed by atoms with Gasteiger partial charge in [-0.15, -0.1) is 0 Å². The SMILES string of the molecule is COCCOC(=O)COc1cc(-c2ccc(Cl)cn2)n(O)n1. The van der Waals surface area contributed by atoms with Gasteiger partial charge >= 0.3 is 5.97 Å². The summed E-state index contributed by atoms with van der Waals surface area (Å²) in [5.41, 5.74) is 0.760. The number of rotatable bonds is 7. The Morgan fingerprint density at radius 3 is 2.91 bits per heavy atom. The van der Waals surface area contributed by atoms with E-state index < -0.39 is 5.97 Å². The van der Waals surface area contributed by atoms with Crippen molar-refractivity contribution in [2.75, 3.05) is 26.9 Å². The van der Waals surface area contributed by atoms with Crippen molar-refractivity contribution in [1.82, 2.24) is 14.9 Å². The number of hydrogen-bond donors (Lipinski definition) is 1. The second kappa shape index (κ2) is 7.62. The molecule has 0 spiro atoms. The lowest BCUT2D eigenvalue weighted by atomic mass is 10.3. The summed E-state index contributed by atoms with van der Waals surface area (Å²) in [7, 11) is 1.50. The van der Waals surface area contributed by atoms with Crippen LogP contribution in [0.2, 0.25) is 5.02 Å². The van der Waals surface area contributed by atoms with Crippen molar-refractivity contribution in [3.8, 4) is 17.3 Å². The largest absolute Gasteiger partial charge is 0.464 e. The van der Waals surface area contributed by atoms with Crippen molar-refractivity contribution in [3.63, 3.8) is 0 Å². The summed E-state index contributed by atoms with van der Waals surface area (Å²) in [5.74, 6) is -0.492. The zero-order valence-corrected chi connectivity index (χ0v) is 12.5. The molecule has 1 N–H and O–H groups in total. The Kier molecular flexibility index (Phi) is 5.56. The van der Waals surface area contributed by atoms with Crippen LogP contribution in [0, 0.1) is 0 Å². The molecule has 0 aliphatic carbocycles. The summed E-state index contributed by atoms with van der Waals surface area (Å²) in [5, 5.41) is 13.9. The summed E-state index contributed by atoms with van der Waals surface area (Å²) in [6.07, 6.45) is 1.44. The highest BCUT2D eigenvalue weighted by Gasteiger charge is 2.13. The fourth-order valence-corrected chi connectivity index (χ4v) is 1.65. The van der Waals surface area contributed by atoms with Crippen LogP contribution in [0.4, 0.5) is 0 Å². The van der Waals surface area contributed by atoms with Gasteiger partial charge < -0.3 is 19.4 Å². The molecule has 0 amide bonds. The van der Waals surface area contributed by atoms with E-state index in [1.54, 1.807) is 12.1 Å². The van der Waals surface area contributed by atoms with Crippen LogP contribution in [0.3, 0.4) is 0 Å². The molecule has 118 valence electrons. The lowest BCUT2D eigenvalue weighted by molar-refractivity contribution is -0.147. The van der Waals surface area contributed by atoms with E-state index in [-0.39, 0.29) is 19.1 Å². The van der Waals surface area contributed by atoms with Crippen LogP contribution in [0.1, 0.15) is 0 Å². The monoisotopic (exact) mass is 327 g/mol. The van der Waals surface area contributed by atoms with E-state index in [4.69, 9.17) is 25.8 Å². The van der Waals surface area contributed by atoms with Gasteiger partial charge in [-0.05, 0) is 12.1 Å². The number of nitrogens with zero attached hydrogens (tertiary/aromatic N) is 3. The highest BCUT2D eigenvalue weighted by molar-refractivity contribution is 6.30. The molecule has 0 aromatic carbocycles. The number of halogens is 1. The summed E-state index contributed by atoms with van der Waals surface area (Å²) in [6, 6.07) is 4.69. The van der Waals surface area contributed by atoms with E-state index >= 15 is 0 Å². The third kappa shape index (κ3) is 4.34. The van der Waals surface area contributed by atoms with Crippen molar-refractivity contribution >= 4 is 17.6 Å². The molecule has 2 aromatic rings. The highest BCUT2D eigenvalue weighted by Crippen LogP contribution is 2.22. The molecular weight excluding hydrogens is 314 g/mol. The smallest absolute Gasteiger partial charge is 0.344 e. The van der Waals surface area contributed by atoms with Crippen molar-refractivity contribution in [1.29, 1.82) is 0 Å². The molecule has 0 unspecified atom stereocenters. The Morgan fingerprint density at radius 1 is 1.41 bits per heavy atom. The summed E-state index contributed by atoms with van der Waals surface area (Å²) >= 11 is 5.75.